The van der Waals surface area contributed by atoms with Gasteiger partial charge in [-0.1, -0.05) is 12.1 Å². The molecule has 0 saturated carbocycles. The Morgan fingerprint density at radius 3 is 2.43 bits per heavy atom. The van der Waals surface area contributed by atoms with Gasteiger partial charge in [0.1, 0.15) is 11.0 Å². The minimum absolute atomic E-state index is 0.0259. The molecule has 1 aromatic rings. The first-order chi connectivity index (χ1) is 6.34. The molecule has 1 atom stereocenters. The van der Waals surface area contributed by atoms with E-state index in [1.54, 1.807) is 19.1 Å². The highest BCUT2D eigenvalue weighted by Crippen LogP contribution is 2.28. The maximum Gasteiger partial charge on any atom is 0.271 e. The Labute approximate surface area is 82.9 Å². The summed E-state index contributed by atoms with van der Waals surface area (Å²) in [6.45, 7) is 2.98. The topological polar surface area (TPSA) is 74.6 Å². The second kappa shape index (κ2) is 3.59. The molecule has 0 amide bonds. The number of benzene rings is 1. The molecule has 2 N–H and O–H groups in total. The molecule has 1 aromatic carbocycles. The quantitative estimate of drug-likeness (QED) is 0.737. The van der Waals surface area contributed by atoms with Crippen LogP contribution >= 0.6 is 0 Å². The van der Waals surface area contributed by atoms with E-state index in [4.69, 9.17) is 4.55 Å². The van der Waals surface area contributed by atoms with E-state index in [1.165, 1.54) is 13.0 Å². The first-order valence-corrected chi connectivity index (χ1v) is 5.59. The van der Waals surface area contributed by atoms with Crippen molar-refractivity contribution in [3.05, 3.63) is 29.3 Å². The van der Waals surface area contributed by atoms with Crippen molar-refractivity contribution in [2.45, 2.75) is 19.1 Å². The molecule has 1 rings (SSSR count). The van der Waals surface area contributed by atoms with Gasteiger partial charge in [-0.05, 0) is 31.0 Å². The lowest BCUT2D eigenvalue weighted by Gasteiger charge is -2.12. The Hall–Kier alpha value is -1.07. The number of hydrogen-bond donors (Lipinski definition) is 2. The molecule has 0 radical (unpaired) electrons. The maximum absolute atomic E-state index is 10.9. The minimum Gasteiger partial charge on any atom is -0.508 e. The van der Waals surface area contributed by atoms with Gasteiger partial charge >= 0.3 is 0 Å². The van der Waals surface area contributed by atoms with Crippen molar-refractivity contribution in [2.24, 2.45) is 0 Å². The second-order valence-electron chi connectivity index (χ2n) is 3.15. The van der Waals surface area contributed by atoms with Gasteiger partial charge in [-0.2, -0.15) is 8.42 Å². The molecule has 0 aromatic heterocycles. The number of rotatable bonds is 2. The summed E-state index contributed by atoms with van der Waals surface area (Å²) < 4.78 is 30.6. The lowest BCUT2D eigenvalue weighted by Crippen LogP contribution is -2.09. The minimum atomic E-state index is -4.11. The number of hydrogen-bond acceptors (Lipinski definition) is 3. The molecule has 5 heteroatoms. The SMILES string of the molecule is Cc1c(O)cccc1C(C)S(=O)(=O)O. The lowest BCUT2D eigenvalue weighted by atomic mass is 10.1. The summed E-state index contributed by atoms with van der Waals surface area (Å²) in [5.74, 6) is 0.0259. The molecule has 0 bridgehead atoms. The van der Waals surface area contributed by atoms with Gasteiger partial charge in [-0.3, -0.25) is 4.55 Å². The molecule has 0 fully saturated rings. The molecular formula is C9H12O4S. The van der Waals surface area contributed by atoms with Crippen LogP contribution in [0.4, 0.5) is 0 Å². The molecule has 14 heavy (non-hydrogen) atoms. The van der Waals surface area contributed by atoms with Gasteiger partial charge in [-0.25, -0.2) is 0 Å². The Balaban J connectivity index is 3.28. The molecule has 1 unspecified atom stereocenters. The van der Waals surface area contributed by atoms with Gasteiger partial charge in [-0.15, -0.1) is 0 Å². The summed E-state index contributed by atoms with van der Waals surface area (Å²) in [5.41, 5.74) is 0.880. The van der Waals surface area contributed by atoms with Crippen LogP contribution in [-0.2, 0) is 10.1 Å². The van der Waals surface area contributed by atoms with Gasteiger partial charge in [0.25, 0.3) is 10.1 Å². The average molecular weight is 216 g/mol. The highest BCUT2D eigenvalue weighted by atomic mass is 32.2. The van der Waals surface area contributed by atoms with Gasteiger partial charge in [0.05, 0.1) is 0 Å². The first-order valence-electron chi connectivity index (χ1n) is 4.09. The molecule has 0 aliphatic heterocycles. The maximum atomic E-state index is 10.9. The van der Waals surface area contributed by atoms with Crippen molar-refractivity contribution in [2.75, 3.05) is 0 Å². The van der Waals surface area contributed by atoms with Crippen LogP contribution in [0.1, 0.15) is 23.3 Å². The normalized spacial score (nSPS) is 13.9. The zero-order chi connectivity index (χ0) is 10.9. The molecule has 0 aliphatic rings. The summed E-state index contributed by atoms with van der Waals surface area (Å²) >= 11 is 0. The van der Waals surface area contributed by atoms with Crippen molar-refractivity contribution in [3.63, 3.8) is 0 Å². The van der Waals surface area contributed by atoms with Crippen LogP contribution in [0.15, 0.2) is 18.2 Å². The standard InChI is InChI=1S/C9H12O4S/c1-6-8(4-3-5-9(6)10)7(2)14(11,12)13/h3-5,7,10H,1-2H3,(H,11,12,13). The Morgan fingerprint density at radius 1 is 1.36 bits per heavy atom. The first kappa shape index (κ1) is 11.0. The highest BCUT2D eigenvalue weighted by Gasteiger charge is 2.21. The van der Waals surface area contributed by atoms with E-state index in [-0.39, 0.29) is 5.75 Å². The van der Waals surface area contributed by atoms with Crippen LogP contribution < -0.4 is 0 Å². The summed E-state index contributed by atoms with van der Waals surface area (Å²) in [5, 5.41) is 8.32. The number of phenols is 1. The van der Waals surface area contributed by atoms with Crippen LogP contribution in [-0.4, -0.2) is 18.1 Å². The van der Waals surface area contributed by atoms with Crippen molar-refractivity contribution in [1.29, 1.82) is 0 Å². The molecule has 0 spiro atoms. The third-order valence-electron chi connectivity index (χ3n) is 2.23. The van der Waals surface area contributed by atoms with Crippen molar-refractivity contribution in [1.82, 2.24) is 0 Å². The average Bonchev–Trinajstić information content (AvgIpc) is 2.07. The molecule has 0 saturated heterocycles. The fourth-order valence-corrected chi connectivity index (χ4v) is 1.82. The smallest absolute Gasteiger partial charge is 0.271 e. The molecule has 0 aliphatic carbocycles. The van der Waals surface area contributed by atoms with Gasteiger partial charge < -0.3 is 5.11 Å². The molecule has 78 valence electrons. The van der Waals surface area contributed by atoms with Crippen LogP contribution in [0.2, 0.25) is 0 Å². The predicted octanol–water partition coefficient (Wildman–Crippen LogP) is 1.65. The zero-order valence-corrected chi connectivity index (χ0v) is 8.75. The molecule has 0 heterocycles. The van der Waals surface area contributed by atoms with Gasteiger partial charge in [0.2, 0.25) is 0 Å². The fourth-order valence-electron chi connectivity index (χ4n) is 1.24. The van der Waals surface area contributed by atoms with Crippen LogP contribution in [0, 0.1) is 6.92 Å². The van der Waals surface area contributed by atoms with Crippen molar-refractivity contribution >= 4 is 10.1 Å². The lowest BCUT2D eigenvalue weighted by molar-refractivity contribution is 0.465. The summed E-state index contributed by atoms with van der Waals surface area (Å²) in [7, 11) is -4.11. The van der Waals surface area contributed by atoms with E-state index in [2.05, 4.69) is 0 Å². The number of phenolic OH excluding ortho intramolecular Hbond substituents is 1. The Bertz CT molecular complexity index is 436. The van der Waals surface area contributed by atoms with E-state index in [0.29, 0.717) is 11.1 Å². The van der Waals surface area contributed by atoms with Crippen LogP contribution in [0.25, 0.3) is 0 Å². The fraction of sp³-hybridized carbons (Fsp3) is 0.333. The molecular weight excluding hydrogens is 204 g/mol. The van der Waals surface area contributed by atoms with Gasteiger partial charge in [0, 0.05) is 0 Å². The monoisotopic (exact) mass is 216 g/mol. The summed E-state index contributed by atoms with van der Waals surface area (Å²) in [6.07, 6.45) is 0. The third-order valence-corrected chi connectivity index (χ3v) is 3.38. The van der Waals surface area contributed by atoms with E-state index in [9.17, 15) is 13.5 Å². The van der Waals surface area contributed by atoms with Crippen LogP contribution in [0.5, 0.6) is 5.75 Å². The van der Waals surface area contributed by atoms with Crippen LogP contribution in [0.3, 0.4) is 0 Å². The predicted molar refractivity (Wildman–Crippen MR) is 52.8 cm³/mol. The van der Waals surface area contributed by atoms with Crippen molar-refractivity contribution in [3.8, 4) is 5.75 Å². The third kappa shape index (κ3) is 2.05. The summed E-state index contributed by atoms with van der Waals surface area (Å²) in [6, 6.07) is 4.57. The van der Waals surface area contributed by atoms with Gasteiger partial charge in [0.15, 0.2) is 0 Å². The van der Waals surface area contributed by atoms with E-state index < -0.39 is 15.4 Å². The summed E-state index contributed by atoms with van der Waals surface area (Å²) in [4.78, 5) is 0. The molecule has 4 nitrogen and oxygen atoms in total. The van der Waals surface area contributed by atoms with E-state index in [1.807, 2.05) is 0 Å². The largest absolute Gasteiger partial charge is 0.508 e. The van der Waals surface area contributed by atoms with Crippen molar-refractivity contribution < 1.29 is 18.1 Å². The van der Waals surface area contributed by atoms with E-state index in [0.717, 1.165) is 0 Å². The number of aromatic hydroxyl groups is 1. The second-order valence-corrected chi connectivity index (χ2v) is 4.89. The highest BCUT2D eigenvalue weighted by molar-refractivity contribution is 7.86. The Morgan fingerprint density at radius 2 is 1.93 bits per heavy atom. The zero-order valence-electron chi connectivity index (χ0n) is 7.93. The van der Waals surface area contributed by atoms with E-state index >= 15 is 0 Å². The Kier molecular flexibility index (Phi) is 2.82.